The van der Waals surface area contributed by atoms with Gasteiger partial charge in [0.05, 0.1) is 13.2 Å². The van der Waals surface area contributed by atoms with Gasteiger partial charge >= 0.3 is 12.1 Å². The first-order valence-electron chi connectivity index (χ1n) is 13.6. The molecule has 0 aliphatic carbocycles. The number of carbonyl (C=O) groups excluding carboxylic acids is 2. The average molecular weight is 456 g/mol. The Bertz CT molecular complexity index is 439. The number of hydrogen-bond acceptors (Lipinski definition) is 4. The number of carbonyl (C=O) groups is 2. The number of hydrogen-bond donors (Lipinski definition) is 1. The van der Waals surface area contributed by atoms with Crippen LogP contribution in [0.5, 0.6) is 0 Å². The zero-order valence-electron chi connectivity index (χ0n) is 21.7. The third-order valence-electron chi connectivity index (χ3n) is 5.71. The molecule has 1 amide bonds. The fourth-order valence-corrected chi connectivity index (χ4v) is 3.65. The number of unbranched alkanes of at least 4 members (excludes halogenated alkanes) is 14. The van der Waals surface area contributed by atoms with Crippen molar-refractivity contribution in [3.8, 4) is 0 Å². The number of nitrogens with one attached hydrogen (secondary N) is 1. The van der Waals surface area contributed by atoms with Gasteiger partial charge in [0, 0.05) is 0 Å². The summed E-state index contributed by atoms with van der Waals surface area (Å²) in [5.41, 5.74) is 0. The first-order valence-corrected chi connectivity index (χ1v) is 13.6. The molecule has 1 N–H and O–H groups in total. The van der Waals surface area contributed by atoms with Crippen molar-refractivity contribution in [3.05, 3.63) is 0 Å². The maximum atomic E-state index is 12.4. The summed E-state index contributed by atoms with van der Waals surface area (Å²) in [5, 5.41) is 2.67. The number of alkyl carbamates (subject to hydrolysis) is 1. The van der Waals surface area contributed by atoms with E-state index < -0.39 is 12.1 Å². The van der Waals surface area contributed by atoms with E-state index in [-0.39, 0.29) is 11.9 Å². The summed E-state index contributed by atoms with van der Waals surface area (Å²) in [4.78, 5) is 24.3. The molecule has 0 fully saturated rings. The average Bonchev–Trinajstić information content (AvgIpc) is 2.77. The zero-order chi connectivity index (χ0) is 23.9. The third kappa shape index (κ3) is 20.6. The van der Waals surface area contributed by atoms with Crippen molar-refractivity contribution >= 4 is 12.1 Å². The Morgan fingerprint density at radius 1 is 0.656 bits per heavy atom. The number of esters is 1. The molecule has 0 radical (unpaired) electrons. The van der Waals surface area contributed by atoms with Crippen LogP contribution in [0, 0.1) is 5.92 Å². The van der Waals surface area contributed by atoms with Crippen molar-refractivity contribution in [2.45, 2.75) is 143 Å². The standard InChI is InChI=1S/C27H53NO4/c1-5-7-9-10-11-12-13-14-15-16-17-18-19-20-22-31-26(29)25(21-8-6-2)28-27(30)32-23-24(3)4/h24-25H,5-23H2,1-4H3,(H,28,30). The lowest BCUT2D eigenvalue weighted by Crippen LogP contribution is -2.42. The van der Waals surface area contributed by atoms with Crippen molar-refractivity contribution < 1.29 is 19.1 Å². The molecule has 0 aliphatic heterocycles. The number of rotatable bonds is 22. The van der Waals surface area contributed by atoms with Gasteiger partial charge in [0.1, 0.15) is 6.04 Å². The van der Waals surface area contributed by atoms with Gasteiger partial charge in [-0.15, -0.1) is 0 Å². The maximum absolute atomic E-state index is 12.4. The van der Waals surface area contributed by atoms with Crippen molar-refractivity contribution in [1.82, 2.24) is 5.32 Å². The summed E-state index contributed by atoms with van der Waals surface area (Å²) in [6.07, 6.45) is 20.1. The highest BCUT2D eigenvalue weighted by molar-refractivity contribution is 5.81. The lowest BCUT2D eigenvalue weighted by Gasteiger charge is -2.18. The predicted octanol–water partition coefficient (Wildman–Crippen LogP) is 7.95. The summed E-state index contributed by atoms with van der Waals surface area (Å²) in [7, 11) is 0. The van der Waals surface area contributed by atoms with Gasteiger partial charge in [-0.05, 0) is 18.8 Å². The topological polar surface area (TPSA) is 64.6 Å². The van der Waals surface area contributed by atoms with Crippen molar-refractivity contribution in [1.29, 1.82) is 0 Å². The predicted molar refractivity (Wildman–Crippen MR) is 134 cm³/mol. The molecule has 5 nitrogen and oxygen atoms in total. The molecule has 0 spiro atoms. The Balaban J connectivity index is 3.71. The Labute approximate surface area is 198 Å². The molecule has 0 aromatic rings. The molecule has 0 aromatic carbocycles. The van der Waals surface area contributed by atoms with E-state index in [1.54, 1.807) is 0 Å². The minimum atomic E-state index is -0.610. The van der Waals surface area contributed by atoms with E-state index in [4.69, 9.17) is 9.47 Å². The number of ether oxygens (including phenoxy) is 2. The molecular weight excluding hydrogens is 402 g/mol. The van der Waals surface area contributed by atoms with Gasteiger partial charge in [0.2, 0.25) is 0 Å². The van der Waals surface area contributed by atoms with Gasteiger partial charge in [0.25, 0.3) is 0 Å². The second-order valence-electron chi connectivity index (χ2n) is 9.60. The Kier molecular flexibility index (Phi) is 22.0. The van der Waals surface area contributed by atoms with Crippen LogP contribution < -0.4 is 5.32 Å². The van der Waals surface area contributed by atoms with Gasteiger partial charge in [-0.1, -0.05) is 124 Å². The molecule has 0 saturated heterocycles. The Morgan fingerprint density at radius 2 is 1.12 bits per heavy atom. The van der Waals surface area contributed by atoms with Crippen molar-refractivity contribution in [2.75, 3.05) is 13.2 Å². The van der Waals surface area contributed by atoms with Crippen LogP contribution >= 0.6 is 0 Å². The highest BCUT2D eigenvalue weighted by atomic mass is 16.6. The van der Waals surface area contributed by atoms with Gasteiger partial charge in [-0.2, -0.15) is 0 Å². The summed E-state index contributed by atoms with van der Waals surface area (Å²) in [6.45, 7) is 9.07. The van der Waals surface area contributed by atoms with Gasteiger partial charge in [0.15, 0.2) is 0 Å². The van der Waals surface area contributed by atoms with E-state index in [1.165, 1.54) is 77.0 Å². The summed E-state index contributed by atoms with van der Waals surface area (Å²) in [6, 6.07) is -0.610. The minimum Gasteiger partial charge on any atom is -0.464 e. The van der Waals surface area contributed by atoms with E-state index in [1.807, 2.05) is 13.8 Å². The molecule has 5 heteroatoms. The molecule has 0 rings (SSSR count). The Hall–Kier alpha value is -1.26. The highest BCUT2D eigenvalue weighted by Crippen LogP contribution is 2.13. The van der Waals surface area contributed by atoms with Crippen LogP contribution in [0.2, 0.25) is 0 Å². The molecule has 1 unspecified atom stereocenters. The SMILES string of the molecule is CCCCCCCCCCCCCCCCOC(=O)C(CCCC)NC(=O)OCC(C)C. The smallest absolute Gasteiger partial charge is 0.407 e. The van der Waals surface area contributed by atoms with Gasteiger partial charge < -0.3 is 14.8 Å². The molecule has 0 heterocycles. The summed E-state index contributed by atoms with van der Waals surface area (Å²) < 4.78 is 10.6. The van der Waals surface area contributed by atoms with E-state index >= 15 is 0 Å². The zero-order valence-corrected chi connectivity index (χ0v) is 21.7. The molecule has 0 aromatic heterocycles. The largest absolute Gasteiger partial charge is 0.464 e. The van der Waals surface area contributed by atoms with Gasteiger partial charge in [-0.3, -0.25) is 0 Å². The monoisotopic (exact) mass is 455 g/mol. The lowest BCUT2D eigenvalue weighted by molar-refractivity contribution is -0.146. The second-order valence-corrected chi connectivity index (χ2v) is 9.60. The third-order valence-corrected chi connectivity index (χ3v) is 5.71. The second kappa shape index (κ2) is 22.9. The van der Waals surface area contributed by atoms with E-state index in [2.05, 4.69) is 19.2 Å². The van der Waals surface area contributed by atoms with Crippen LogP contribution in [0.1, 0.15) is 137 Å². The minimum absolute atomic E-state index is 0.266. The first kappa shape index (κ1) is 30.7. The lowest BCUT2D eigenvalue weighted by atomic mass is 10.0. The normalized spacial score (nSPS) is 12.0. The first-order chi connectivity index (χ1) is 15.5. The number of amides is 1. The Morgan fingerprint density at radius 3 is 1.59 bits per heavy atom. The summed E-state index contributed by atoms with van der Waals surface area (Å²) >= 11 is 0. The van der Waals surface area contributed by atoms with Crippen LogP contribution in [0.15, 0.2) is 0 Å². The molecule has 1 atom stereocenters. The molecule has 0 bridgehead atoms. The molecule has 0 aliphatic rings. The maximum Gasteiger partial charge on any atom is 0.407 e. The fraction of sp³-hybridized carbons (Fsp3) is 0.926. The van der Waals surface area contributed by atoms with Gasteiger partial charge in [-0.25, -0.2) is 9.59 Å². The molecule has 32 heavy (non-hydrogen) atoms. The van der Waals surface area contributed by atoms with Crippen molar-refractivity contribution in [2.24, 2.45) is 5.92 Å². The van der Waals surface area contributed by atoms with Crippen LogP contribution in [-0.4, -0.2) is 31.3 Å². The highest BCUT2D eigenvalue weighted by Gasteiger charge is 2.22. The van der Waals surface area contributed by atoms with E-state index in [9.17, 15) is 9.59 Å². The fourth-order valence-electron chi connectivity index (χ4n) is 3.65. The van der Waals surface area contributed by atoms with Crippen LogP contribution in [0.4, 0.5) is 4.79 Å². The molecular formula is C27H53NO4. The summed E-state index contributed by atoms with van der Waals surface area (Å²) in [5.74, 6) is -0.0724. The molecule has 190 valence electrons. The van der Waals surface area contributed by atoms with E-state index in [0.717, 1.165) is 25.7 Å². The van der Waals surface area contributed by atoms with Crippen LogP contribution in [0.3, 0.4) is 0 Å². The van der Waals surface area contributed by atoms with Crippen molar-refractivity contribution in [3.63, 3.8) is 0 Å². The van der Waals surface area contributed by atoms with Crippen LogP contribution in [0.25, 0.3) is 0 Å². The van der Waals surface area contributed by atoms with E-state index in [0.29, 0.717) is 19.6 Å². The molecule has 0 saturated carbocycles. The quantitative estimate of drug-likeness (QED) is 0.133. The van der Waals surface area contributed by atoms with Crippen LogP contribution in [-0.2, 0) is 14.3 Å².